The molecule has 0 bridgehead atoms. The van der Waals surface area contributed by atoms with Gasteiger partial charge in [-0.3, -0.25) is 10.1 Å². The number of nitrogens with zero attached hydrogens (tertiary/aromatic N) is 1. The van der Waals surface area contributed by atoms with Crippen LogP contribution >= 0.6 is 0 Å². The third-order valence-electron chi connectivity index (χ3n) is 2.04. The molecule has 0 heterocycles. The van der Waals surface area contributed by atoms with Gasteiger partial charge in [-0.05, 0) is 13.0 Å². The van der Waals surface area contributed by atoms with Gasteiger partial charge in [0.25, 0.3) is 5.69 Å². The number of nitro groups is 1. The maximum atomic E-state index is 13.0. The monoisotopic (exact) mass is 242 g/mol. The van der Waals surface area contributed by atoms with Crippen LogP contribution in [0.4, 0.5) is 10.1 Å². The number of halogens is 1. The van der Waals surface area contributed by atoms with E-state index in [1.807, 2.05) is 6.92 Å². The first-order valence-corrected chi connectivity index (χ1v) is 5.42. The number of non-ortho nitro benzene ring substituents is 1. The van der Waals surface area contributed by atoms with Crippen molar-refractivity contribution in [2.24, 2.45) is 0 Å². The van der Waals surface area contributed by atoms with E-state index in [1.54, 1.807) is 0 Å². The predicted molar refractivity (Wildman–Crippen MR) is 61.7 cm³/mol. The van der Waals surface area contributed by atoms with Crippen molar-refractivity contribution < 1.29 is 14.1 Å². The van der Waals surface area contributed by atoms with Gasteiger partial charge < -0.3 is 10.1 Å². The fourth-order valence-electron chi connectivity index (χ4n) is 1.28. The molecule has 1 aromatic carbocycles. The molecule has 0 unspecified atom stereocenters. The van der Waals surface area contributed by atoms with E-state index in [0.717, 1.165) is 25.1 Å². The highest BCUT2D eigenvalue weighted by molar-refractivity contribution is 5.38. The Balaban J connectivity index is 2.50. The second-order valence-electron chi connectivity index (χ2n) is 3.50. The largest absolute Gasteiger partial charge is 0.492 e. The molecular weight excluding hydrogens is 227 g/mol. The summed E-state index contributed by atoms with van der Waals surface area (Å²) in [6.45, 7) is 3.90. The summed E-state index contributed by atoms with van der Waals surface area (Å²) in [5.41, 5.74) is -0.304. The molecule has 0 saturated heterocycles. The molecule has 0 aliphatic rings. The SMILES string of the molecule is CCCNCCOc1cc(F)cc([N+](=O)[O-])c1. The number of hydrogen-bond donors (Lipinski definition) is 1. The summed E-state index contributed by atoms with van der Waals surface area (Å²) >= 11 is 0. The third kappa shape index (κ3) is 4.78. The van der Waals surface area contributed by atoms with E-state index in [0.29, 0.717) is 13.2 Å². The summed E-state index contributed by atoms with van der Waals surface area (Å²) in [6.07, 6.45) is 1.02. The molecule has 0 aliphatic heterocycles. The standard InChI is InChI=1S/C11H15FN2O3/c1-2-3-13-4-5-17-11-7-9(12)6-10(8-11)14(15)16/h6-8,13H,2-5H2,1H3. The summed E-state index contributed by atoms with van der Waals surface area (Å²) in [5, 5.41) is 13.6. The molecule has 1 N–H and O–H groups in total. The van der Waals surface area contributed by atoms with Gasteiger partial charge in [-0.1, -0.05) is 6.92 Å². The van der Waals surface area contributed by atoms with Crippen molar-refractivity contribution in [1.82, 2.24) is 5.32 Å². The highest BCUT2D eigenvalue weighted by Gasteiger charge is 2.10. The normalized spacial score (nSPS) is 10.2. The minimum Gasteiger partial charge on any atom is -0.492 e. The van der Waals surface area contributed by atoms with Crippen molar-refractivity contribution >= 4 is 5.69 Å². The van der Waals surface area contributed by atoms with E-state index in [4.69, 9.17) is 4.74 Å². The Bertz CT molecular complexity index is 385. The van der Waals surface area contributed by atoms with Crippen molar-refractivity contribution in [3.05, 3.63) is 34.1 Å². The van der Waals surface area contributed by atoms with Crippen molar-refractivity contribution in [2.45, 2.75) is 13.3 Å². The maximum absolute atomic E-state index is 13.0. The van der Waals surface area contributed by atoms with E-state index in [2.05, 4.69) is 5.32 Å². The van der Waals surface area contributed by atoms with Crippen LogP contribution in [0.3, 0.4) is 0 Å². The fraction of sp³-hybridized carbons (Fsp3) is 0.455. The van der Waals surface area contributed by atoms with Crippen LogP contribution in [0.15, 0.2) is 18.2 Å². The van der Waals surface area contributed by atoms with Gasteiger partial charge in [-0.25, -0.2) is 4.39 Å². The zero-order valence-electron chi connectivity index (χ0n) is 9.61. The lowest BCUT2D eigenvalue weighted by Gasteiger charge is -2.06. The summed E-state index contributed by atoms with van der Waals surface area (Å²) in [7, 11) is 0. The van der Waals surface area contributed by atoms with Crippen molar-refractivity contribution in [2.75, 3.05) is 19.7 Å². The van der Waals surface area contributed by atoms with E-state index in [1.165, 1.54) is 6.07 Å². The average molecular weight is 242 g/mol. The molecule has 6 heteroatoms. The zero-order chi connectivity index (χ0) is 12.7. The van der Waals surface area contributed by atoms with Crippen LogP contribution in [0, 0.1) is 15.9 Å². The van der Waals surface area contributed by atoms with Crippen LogP contribution in [0.25, 0.3) is 0 Å². The lowest BCUT2D eigenvalue weighted by Crippen LogP contribution is -2.21. The molecule has 5 nitrogen and oxygen atoms in total. The molecule has 0 amide bonds. The van der Waals surface area contributed by atoms with E-state index < -0.39 is 10.7 Å². The number of hydrogen-bond acceptors (Lipinski definition) is 4. The molecule has 0 radical (unpaired) electrons. The molecule has 0 fully saturated rings. The van der Waals surface area contributed by atoms with Gasteiger partial charge in [0.05, 0.1) is 17.1 Å². The Morgan fingerprint density at radius 1 is 1.41 bits per heavy atom. The van der Waals surface area contributed by atoms with Crippen LogP contribution in [0.1, 0.15) is 13.3 Å². The Labute approximate surface area is 98.7 Å². The molecule has 0 aromatic heterocycles. The smallest absolute Gasteiger partial charge is 0.276 e. The molecule has 94 valence electrons. The van der Waals surface area contributed by atoms with E-state index in [-0.39, 0.29) is 11.4 Å². The number of benzene rings is 1. The molecular formula is C11H15FN2O3. The van der Waals surface area contributed by atoms with Crippen LogP contribution < -0.4 is 10.1 Å². The second kappa shape index (κ2) is 6.80. The van der Waals surface area contributed by atoms with Crippen LogP contribution in [0.5, 0.6) is 5.75 Å². The summed E-state index contributed by atoms with van der Waals surface area (Å²) in [6, 6.07) is 3.21. The van der Waals surface area contributed by atoms with Crippen molar-refractivity contribution in [3.8, 4) is 5.75 Å². The van der Waals surface area contributed by atoms with Gasteiger partial charge in [-0.15, -0.1) is 0 Å². The first kappa shape index (κ1) is 13.4. The lowest BCUT2D eigenvalue weighted by atomic mass is 10.3. The number of rotatable bonds is 7. The Kier molecular flexibility index (Phi) is 5.35. The predicted octanol–water partition coefficient (Wildman–Crippen LogP) is 2.11. The molecule has 1 rings (SSSR count). The molecule has 0 spiro atoms. The lowest BCUT2D eigenvalue weighted by molar-refractivity contribution is -0.385. The first-order chi connectivity index (χ1) is 8.13. The topological polar surface area (TPSA) is 64.4 Å². The maximum Gasteiger partial charge on any atom is 0.276 e. The highest BCUT2D eigenvalue weighted by Crippen LogP contribution is 2.21. The van der Waals surface area contributed by atoms with Crippen LogP contribution in [0.2, 0.25) is 0 Å². The molecule has 0 atom stereocenters. The number of ether oxygens (including phenoxy) is 1. The second-order valence-corrected chi connectivity index (χ2v) is 3.50. The minimum absolute atomic E-state index is 0.176. The Hall–Kier alpha value is -1.69. The Morgan fingerprint density at radius 3 is 2.82 bits per heavy atom. The van der Waals surface area contributed by atoms with Crippen LogP contribution in [-0.4, -0.2) is 24.6 Å². The summed E-state index contributed by atoms with van der Waals surface area (Å²) in [4.78, 5) is 9.84. The molecule has 1 aromatic rings. The van der Waals surface area contributed by atoms with E-state index >= 15 is 0 Å². The zero-order valence-corrected chi connectivity index (χ0v) is 9.61. The highest BCUT2D eigenvalue weighted by atomic mass is 19.1. The third-order valence-corrected chi connectivity index (χ3v) is 2.04. The quantitative estimate of drug-likeness (QED) is 0.452. The molecule has 17 heavy (non-hydrogen) atoms. The minimum atomic E-state index is -0.671. The van der Waals surface area contributed by atoms with Gasteiger partial charge in [0, 0.05) is 12.6 Å². The Morgan fingerprint density at radius 2 is 2.18 bits per heavy atom. The number of nitrogens with one attached hydrogen (secondary N) is 1. The van der Waals surface area contributed by atoms with Crippen LogP contribution in [-0.2, 0) is 0 Å². The fourth-order valence-corrected chi connectivity index (χ4v) is 1.28. The summed E-state index contributed by atoms with van der Waals surface area (Å²) in [5.74, 6) is -0.495. The average Bonchev–Trinajstić information content (AvgIpc) is 2.28. The van der Waals surface area contributed by atoms with Gasteiger partial charge in [0.1, 0.15) is 18.2 Å². The molecule has 0 aliphatic carbocycles. The first-order valence-electron chi connectivity index (χ1n) is 5.42. The number of nitro benzene ring substituents is 1. The van der Waals surface area contributed by atoms with Gasteiger partial charge in [0.2, 0.25) is 0 Å². The molecule has 0 saturated carbocycles. The van der Waals surface area contributed by atoms with Gasteiger partial charge >= 0.3 is 0 Å². The van der Waals surface area contributed by atoms with Gasteiger partial charge in [0.15, 0.2) is 0 Å². The van der Waals surface area contributed by atoms with Crippen molar-refractivity contribution in [1.29, 1.82) is 0 Å². The van der Waals surface area contributed by atoms with E-state index in [9.17, 15) is 14.5 Å². The summed E-state index contributed by atoms with van der Waals surface area (Å²) < 4.78 is 18.2. The van der Waals surface area contributed by atoms with Crippen molar-refractivity contribution in [3.63, 3.8) is 0 Å². The van der Waals surface area contributed by atoms with Gasteiger partial charge in [-0.2, -0.15) is 0 Å².